The third-order valence-corrected chi connectivity index (χ3v) is 4.42. The van der Waals surface area contributed by atoms with Gasteiger partial charge in [-0.2, -0.15) is 0 Å². The standard InChI is InChI=1S/C20H29NO3S/c22-19(14-15-20(23)24)21-16-10-6-4-2-1-3-5-7-11-17-12-8-9-13-18(17)25/h8-10,12-13,16,25H,1-7,11,14-15H2,(H,21,22)(H,23,24). The number of carbonyl (C=O) groups is 2. The van der Waals surface area contributed by atoms with E-state index in [-0.39, 0.29) is 18.7 Å². The highest BCUT2D eigenvalue weighted by Crippen LogP contribution is 2.16. The molecule has 0 aliphatic carbocycles. The number of aliphatic carboxylic acids is 1. The number of unbranched alkanes of at least 4 members (excludes halogenated alkanes) is 6. The van der Waals surface area contributed by atoms with Crippen molar-refractivity contribution in [3.8, 4) is 0 Å². The molecule has 0 spiro atoms. The number of nitrogens with one attached hydrogen (secondary N) is 1. The molecular formula is C20H29NO3S. The van der Waals surface area contributed by atoms with Gasteiger partial charge in [-0.25, -0.2) is 0 Å². The van der Waals surface area contributed by atoms with Gasteiger partial charge in [0.2, 0.25) is 5.91 Å². The van der Waals surface area contributed by atoms with Crippen LogP contribution in [0.2, 0.25) is 0 Å². The van der Waals surface area contributed by atoms with Crippen LogP contribution in [0.1, 0.15) is 63.4 Å². The lowest BCUT2D eigenvalue weighted by molar-refractivity contribution is -0.138. The van der Waals surface area contributed by atoms with Gasteiger partial charge in [0.1, 0.15) is 0 Å². The minimum absolute atomic E-state index is 0.0252. The molecule has 1 amide bonds. The van der Waals surface area contributed by atoms with Crippen molar-refractivity contribution in [3.63, 3.8) is 0 Å². The Bertz CT molecular complexity index is 558. The number of amides is 1. The average molecular weight is 364 g/mol. The van der Waals surface area contributed by atoms with Crippen LogP contribution in [-0.2, 0) is 16.0 Å². The maximum Gasteiger partial charge on any atom is 0.303 e. The molecule has 0 radical (unpaired) electrons. The van der Waals surface area contributed by atoms with E-state index < -0.39 is 5.97 Å². The quantitative estimate of drug-likeness (QED) is 0.350. The second kappa shape index (κ2) is 13.5. The minimum Gasteiger partial charge on any atom is -0.481 e. The Morgan fingerprint density at radius 1 is 1.00 bits per heavy atom. The number of thiol groups is 1. The second-order valence-corrected chi connectivity index (χ2v) is 6.63. The van der Waals surface area contributed by atoms with Crippen molar-refractivity contribution in [1.82, 2.24) is 5.32 Å². The first-order chi connectivity index (χ1) is 12.1. The van der Waals surface area contributed by atoms with Gasteiger partial charge in [0, 0.05) is 11.3 Å². The Morgan fingerprint density at radius 3 is 2.40 bits per heavy atom. The number of hydrogen-bond donors (Lipinski definition) is 3. The fourth-order valence-corrected chi connectivity index (χ4v) is 2.81. The predicted octanol–water partition coefficient (Wildman–Crippen LogP) is 4.74. The lowest BCUT2D eigenvalue weighted by atomic mass is 10.0. The molecule has 1 aromatic carbocycles. The van der Waals surface area contributed by atoms with Gasteiger partial charge in [-0.1, -0.05) is 50.0 Å². The molecule has 0 unspecified atom stereocenters. The van der Waals surface area contributed by atoms with Crippen LogP contribution in [0, 0.1) is 0 Å². The van der Waals surface area contributed by atoms with Crippen LogP contribution in [-0.4, -0.2) is 17.0 Å². The molecule has 0 saturated carbocycles. The summed E-state index contributed by atoms with van der Waals surface area (Å²) in [6.07, 6.45) is 12.7. The van der Waals surface area contributed by atoms with Crippen LogP contribution in [0.5, 0.6) is 0 Å². The monoisotopic (exact) mass is 363 g/mol. The molecular weight excluding hydrogens is 334 g/mol. The maximum absolute atomic E-state index is 11.3. The first kappa shape index (κ1) is 21.3. The molecule has 0 aliphatic heterocycles. The van der Waals surface area contributed by atoms with E-state index >= 15 is 0 Å². The van der Waals surface area contributed by atoms with Crippen molar-refractivity contribution in [2.24, 2.45) is 0 Å². The minimum atomic E-state index is -0.950. The number of carboxylic acids is 1. The molecule has 0 aliphatic rings. The molecule has 2 N–H and O–H groups in total. The van der Waals surface area contributed by atoms with Crippen molar-refractivity contribution in [2.45, 2.75) is 69.1 Å². The first-order valence-corrected chi connectivity index (χ1v) is 9.47. The van der Waals surface area contributed by atoms with Crippen molar-refractivity contribution in [3.05, 3.63) is 42.1 Å². The van der Waals surface area contributed by atoms with E-state index in [1.807, 2.05) is 18.2 Å². The van der Waals surface area contributed by atoms with Gasteiger partial charge >= 0.3 is 5.97 Å². The van der Waals surface area contributed by atoms with Gasteiger partial charge in [-0.05, 0) is 43.5 Å². The summed E-state index contributed by atoms with van der Waals surface area (Å²) in [7, 11) is 0. The van der Waals surface area contributed by atoms with Crippen LogP contribution in [0.3, 0.4) is 0 Å². The maximum atomic E-state index is 11.3. The lowest BCUT2D eigenvalue weighted by Gasteiger charge is -2.04. The molecule has 5 heteroatoms. The van der Waals surface area contributed by atoms with Crippen LogP contribution < -0.4 is 5.32 Å². The van der Waals surface area contributed by atoms with Gasteiger partial charge < -0.3 is 10.4 Å². The Labute approximate surface area is 156 Å². The highest BCUT2D eigenvalue weighted by Gasteiger charge is 2.02. The summed E-state index contributed by atoms with van der Waals surface area (Å²) in [6, 6.07) is 8.27. The lowest BCUT2D eigenvalue weighted by Crippen LogP contribution is -2.17. The third-order valence-electron chi connectivity index (χ3n) is 3.99. The zero-order valence-corrected chi connectivity index (χ0v) is 15.6. The average Bonchev–Trinajstić information content (AvgIpc) is 2.59. The van der Waals surface area contributed by atoms with Crippen LogP contribution >= 0.6 is 12.6 Å². The number of rotatable bonds is 13. The van der Waals surface area contributed by atoms with Gasteiger partial charge in [0.25, 0.3) is 0 Å². The van der Waals surface area contributed by atoms with E-state index in [4.69, 9.17) is 5.11 Å². The van der Waals surface area contributed by atoms with Gasteiger partial charge in [0.15, 0.2) is 0 Å². The number of carbonyl (C=O) groups excluding carboxylic acids is 1. The molecule has 138 valence electrons. The molecule has 0 fully saturated rings. The van der Waals surface area contributed by atoms with E-state index in [0.29, 0.717) is 0 Å². The van der Waals surface area contributed by atoms with E-state index in [1.54, 1.807) is 6.20 Å². The summed E-state index contributed by atoms with van der Waals surface area (Å²) >= 11 is 4.47. The van der Waals surface area contributed by atoms with Gasteiger partial charge in [-0.3, -0.25) is 9.59 Å². The molecule has 1 aromatic rings. The van der Waals surface area contributed by atoms with Crippen LogP contribution in [0.25, 0.3) is 0 Å². The second-order valence-electron chi connectivity index (χ2n) is 6.15. The smallest absolute Gasteiger partial charge is 0.303 e. The number of benzene rings is 1. The molecule has 25 heavy (non-hydrogen) atoms. The van der Waals surface area contributed by atoms with Crippen LogP contribution in [0.4, 0.5) is 0 Å². The summed E-state index contributed by atoms with van der Waals surface area (Å²) in [4.78, 5) is 22.7. The number of aryl methyl sites for hydroxylation is 1. The summed E-state index contributed by atoms with van der Waals surface area (Å²) in [5, 5.41) is 11.1. The fraction of sp³-hybridized carbons (Fsp3) is 0.500. The number of hydrogen-bond acceptors (Lipinski definition) is 3. The van der Waals surface area contributed by atoms with E-state index in [0.717, 1.165) is 24.2 Å². The normalized spacial score (nSPS) is 10.9. The van der Waals surface area contributed by atoms with Gasteiger partial charge in [0.05, 0.1) is 6.42 Å². The van der Waals surface area contributed by atoms with E-state index in [2.05, 4.69) is 30.1 Å². The summed E-state index contributed by atoms with van der Waals surface area (Å²) in [5.74, 6) is -1.20. The third kappa shape index (κ3) is 11.4. The Hall–Kier alpha value is -1.75. The largest absolute Gasteiger partial charge is 0.481 e. The Kier molecular flexibility index (Phi) is 11.5. The molecule has 0 atom stereocenters. The Balaban J connectivity index is 1.92. The topological polar surface area (TPSA) is 66.4 Å². The summed E-state index contributed by atoms with van der Waals surface area (Å²) in [5.41, 5.74) is 1.33. The summed E-state index contributed by atoms with van der Waals surface area (Å²) in [6.45, 7) is 0. The zero-order valence-electron chi connectivity index (χ0n) is 14.7. The number of allylic oxidation sites excluding steroid dienone is 1. The van der Waals surface area contributed by atoms with E-state index in [9.17, 15) is 9.59 Å². The van der Waals surface area contributed by atoms with E-state index in [1.165, 1.54) is 37.7 Å². The fourth-order valence-electron chi connectivity index (χ4n) is 2.53. The molecule has 4 nitrogen and oxygen atoms in total. The van der Waals surface area contributed by atoms with Crippen molar-refractivity contribution >= 4 is 24.5 Å². The summed E-state index contributed by atoms with van der Waals surface area (Å²) < 4.78 is 0. The number of carboxylic acid groups (broad SMARTS) is 1. The van der Waals surface area contributed by atoms with Crippen molar-refractivity contribution in [2.75, 3.05) is 0 Å². The molecule has 0 saturated heterocycles. The van der Waals surface area contributed by atoms with Gasteiger partial charge in [-0.15, -0.1) is 12.6 Å². The first-order valence-electron chi connectivity index (χ1n) is 9.02. The molecule has 0 aromatic heterocycles. The molecule has 0 heterocycles. The highest BCUT2D eigenvalue weighted by molar-refractivity contribution is 7.80. The predicted molar refractivity (Wildman–Crippen MR) is 104 cm³/mol. The zero-order chi connectivity index (χ0) is 18.3. The van der Waals surface area contributed by atoms with Crippen molar-refractivity contribution < 1.29 is 14.7 Å². The molecule has 0 bridgehead atoms. The molecule has 1 rings (SSSR count). The van der Waals surface area contributed by atoms with Crippen molar-refractivity contribution in [1.29, 1.82) is 0 Å². The Morgan fingerprint density at radius 2 is 1.68 bits per heavy atom. The SMILES string of the molecule is O=C(O)CCC(=O)NC=CCCCCCCCCc1ccccc1S. The highest BCUT2D eigenvalue weighted by atomic mass is 32.1. The van der Waals surface area contributed by atoms with Crippen LogP contribution in [0.15, 0.2) is 41.4 Å².